The van der Waals surface area contributed by atoms with Gasteiger partial charge in [0, 0.05) is 24.7 Å². The van der Waals surface area contributed by atoms with E-state index in [1.54, 1.807) is 0 Å². The van der Waals surface area contributed by atoms with Gasteiger partial charge in [-0.2, -0.15) is 0 Å². The molecule has 0 N–H and O–H groups in total. The second-order valence-corrected chi connectivity index (χ2v) is 5.37. The van der Waals surface area contributed by atoms with Gasteiger partial charge in [-0.3, -0.25) is 0 Å². The molecule has 1 aromatic rings. The highest BCUT2D eigenvalue weighted by Crippen LogP contribution is 2.30. The van der Waals surface area contributed by atoms with Crippen LogP contribution in [0.1, 0.15) is 24.0 Å². The number of benzene rings is 1. The van der Waals surface area contributed by atoms with E-state index in [1.165, 1.54) is 29.7 Å². The standard InChI is InChI=1S/C14H18ClNO/c1-10-6-12(3-2-11(10)7-15)16-8-13-4-5-14(9-16)17-13/h2-3,6,13-14H,4-5,7-9H2,1H3. The summed E-state index contributed by atoms with van der Waals surface area (Å²) >= 11 is 5.89. The van der Waals surface area contributed by atoms with E-state index in [9.17, 15) is 0 Å². The summed E-state index contributed by atoms with van der Waals surface area (Å²) in [7, 11) is 0. The first-order valence-electron chi connectivity index (χ1n) is 6.32. The fourth-order valence-electron chi connectivity index (χ4n) is 2.85. The number of hydrogen-bond acceptors (Lipinski definition) is 2. The Labute approximate surface area is 108 Å². The lowest BCUT2D eigenvalue weighted by molar-refractivity contribution is 0.0305. The van der Waals surface area contributed by atoms with Gasteiger partial charge in [-0.05, 0) is 43.0 Å². The van der Waals surface area contributed by atoms with E-state index in [2.05, 4.69) is 30.0 Å². The summed E-state index contributed by atoms with van der Waals surface area (Å²) in [6.07, 6.45) is 3.34. The summed E-state index contributed by atoms with van der Waals surface area (Å²) < 4.78 is 5.86. The number of hydrogen-bond donors (Lipinski definition) is 0. The number of rotatable bonds is 2. The van der Waals surface area contributed by atoms with E-state index in [0.717, 1.165) is 13.1 Å². The Balaban J connectivity index is 1.82. The molecule has 2 saturated heterocycles. The van der Waals surface area contributed by atoms with E-state index < -0.39 is 0 Å². The first kappa shape index (κ1) is 11.4. The number of aryl methyl sites for hydroxylation is 1. The Hall–Kier alpha value is -0.730. The molecule has 1 aromatic carbocycles. The van der Waals surface area contributed by atoms with Crippen molar-refractivity contribution in [2.24, 2.45) is 0 Å². The lowest BCUT2D eigenvalue weighted by atomic mass is 10.1. The number of fused-ring (bicyclic) bond motifs is 2. The van der Waals surface area contributed by atoms with E-state index in [1.807, 2.05) is 0 Å². The molecule has 2 unspecified atom stereocenters. The fourth-order valence-corrected chi connectivity index (χ4v) is 3.15. The topological polar surface area (TPSA) is 12.5 Å². The third kappa shape index (κ3) is 2.16. The molecular formula is C14H18ClNO. The minimum Gasteiger partial charge on any atom is -0.371 e. The number of alkyl halides is 1. The van der Waals surface area contributed by atoms with Crippen LogP contribution in [0.4, 0.5) is 5.69 Å². The summed E-state index contributed by atoms with van der Waals surface area (Å²) in [5.74, 6) is 0.598. The summed E-state index contributed by atoms with van der Waals surface area (Å²) in [5, 5.41) is 0. The number of nitrogens with zero attached hydrogens (tertiary/aromatic N) is 1. The summed E-state index contributed by atoms with van der Waals surface area (Å²) in [4.78, 5) is 2.46. The average molecular weight is 252 g/mol. The van der Waals surface area contributed by atoms with Crippen molar-refractivity contribution in [1.29, 1.82) is 0 Å². The van der Waals surface area contributed by atoms with E-state index in [4.69, 9.17) is 16.3 Å². The van der Waals surface area contributed by atoms with Gasteiger partial charge in [0.25, 0.3) is 0 Å². The second-order valence-electron chi connectivity index (χ2n) is 5.11. The third-order valence-electron chi connectivity index (χ3n) is 3.88. The van der Waals surface area contributed by atoms with Gasteiger partial charge in [0.05, 0.1) is 12.2 Å². The first-order valence-corrected chi connectivity index (χ1v) is 6.85. The normalized spacial score (nSPS) is 27.5. The highest BCUT2D eigenvalue weighted by Gasteiger charge is 2.33. The van der Waals surface area contributed by atoms with Crippen molar-refractivity contribution >= 4 is 17.3 Å². The quantitative estimate of drug-likeness (QED) is 0.749. The molecule has 0 aromatic heterocycles. The van der Waals surface area contributed by atoms with Gasteiger partial charge < -0.3 is 9.64 Å². The molecule has 17 heavy (non-hydrogen) atoms. The molecule has 3 rings (SSSR count). The smallest absolute Gasteiger partial charge is 0.0755 e. The van der Waals surface area contributed by atoms with E-state index in [-0.39, 0.29) is 0 Å². The maximum atomic E-state index is 5.89. The molecule has 3 heteroatoms. The molecule has 0 spiro atoms. The molecule has 2 fully saturated rings. The first-order chi connectivity index (χ1) is 8.26. The molecule has 0 radical (unpaired) electrons. The van der Waals surface area contributed by atoms with Crippen LogP contribution in [0.25, 0.3) is 0 Å². The Morgan fingerprint density at radius 3 is 2.59 bits per heavy atom. The lowest BCUT2D eigenvalue weighted by Gasteiger charge is -2.34. The Morgan fingerprint density at radius 1 is 1.29 bits per heavy atom. The van der Waals surface area contributed by atoms with Gasteiger partial charge in [0.2, 0.25) is 0 Å². The third-order valence-corrected chi connectivity index (χ3v) is 4.17. The van der Waals surface area contributed by atoms with Gasteiger partial charge in [0.15, 0.2) is 0 Å². The predicted octanol–water partition coefficient (Wildman–Crippen LogP) is 3.10. The number of halogens is 1. The van der Waals surface area contributed by atoms with Crippen molar-refractivity contribution in [2.75, 3.05) is 18.0 Å². The molecule has 2 heterocycles. The zero-order chi connectivity index (χ0) is 11.8. The molecular weight excluding hydrogens is 234 g/mol. The van der Waals surface area contributed by atoms with Crippen molar-refractivity contribution < 1.29 is 4.74 Å². The van der Waals surface area contributed by atoms with Gasteiger partial charge in [-0.15, -0.1) is 11.6 Å². The van der Waals surface area contributed by atoms with Gasteiger partial charge >= 0.3 is 0 Å². The fraction of sp³-hybridized carbons (Fsp3) is 0.571. The average Bonchev–Trinajstić information content (AvgIpc) is 2.68. The summed E-state index contributed by atoms with van der Waals surface area (Å²) in [6.45, 7) is 4.21. The molecule has 0 saturated carbocycles. The molecule has 0 amide bonds. The SMILES string of the molecule is Cc1cc(N2CC3CCC(C2)O3)ccc1CCl. The lowest BCUT2D eigenvalue weighted by Crippen LogP contribution is -2.42. The summed E-state index contributed by atoms with van der Waals surface area (Å²) in [5.41, 5.74) is 3.83. The zero-order valence-corrected chi connectivity index (χ0v) is 10.9. The Morgan fingerprint density at radius 2 is 2.00 bits per heavy atom. The van der Waals surface area contributed by atoms with Crippen LogP contribution in [0.15, 0.2) is 18.2 Å². The van der Waals surface area contributed by atoms with Crippen LogP contribution in [0.5, 0.6) is 0 Å². The van der Waals surface area contributed by atoms with Crippen molar-refractivity contribution in [2.45, 2.75) is 37.9 Å². The van der Waals surface area contributed by atoms with Crippen molar-refractivity contribution in [3.8, 4) is 0 Å². The molecule has 2 aliphatic heterocycles. The van der Waals surface area contributed by atoms with Crippen molar-refractivity contribution in [3.05, 3.63) is 29.3 Å². The summed E-state index contributed by atoms with van der Waals surface area (Å²) in [6, 6.07) is 6.59. The molecule has 92 valence electrons. The minimum atomic E-state index is 0.446. The number of anilines is 1. The van der Waals surface area contributed by atoms with Crippen LogP contribution < -0.4 is 4.90 Å². The van der Waals surface area contributed by atoms with Crippen LogP contribution in [0, 0.1) is 6.92 Å². The molecule has 0 aliphatic carbocycles. The Kier molecular flexibility index (Phi) is 3.01. The van der Waals surface area contributed by atoms with E-state index in [0.29, 0.717) is 18.1 Å². The number of morpholine rings is 1. The number of ether oxygens (including phenoxy) is 1. The van der Waals surface area contributed by atoms with Gasteiger partial charge in [-0.25, -0.2) is 0 Å². The monoisotopic (exact) mass is 251 g/mol. The van der Waals surface area contributed by atoms with Crippen LogP contribution >= 0.6 is 11.6 Å². The second kappa shape index (κ2) is 4.51. The van der Waals surface area contributed by atoms with Crippen molar-refractivity contribution in [3.63, 3.8) is 0 Å². The van der Waals surface area contributed by atoms with Crippen LogP contribution in [0.2, 0.25) is 0 Å². The predicted molar refractivity (Wildman–Crippen MR) is 70.8 cm³/mol. The zero-order valence-electron chi connectivity index (χ0n) is 10.2. The maximum absolute atomic E-state index is 5.89. The van der Waals surface area contributed by atoms with Crippen LogP contribution in [-0.2, 0) is 10.6 Å². The Bertz CT molecular complexity index is 409. The van der Waals surface area contributed by atoms with Gasteiger partial charge in [-0.1, -0.05) is 6.07 Å². The highest BCUT2D eigenvalue weighted by molar-refractivity contribution is 6.17. The van der Waals surface area contributed by atoms with E-state index >= 15 is 0 Å². The largest absolute Gasteiger partial charge is 0.371 e. The molecule has 2 aliphatic rings. The molecule has 2 atom stereocenters. The molecule has 2 bridgehead atoms. The van der Waals surface area contributed by atoms with Crippen LogP contribution in [0.3, 0.4) is 0 Å². The van der Waals surface area contributed by atoms with Crippen LogP contribution in [-0.4, -0.2) is 25.3 Å². The highest BCUT2D eigenvalue weighted by atomic mass is 35.5. The molecule has 2 nitrogen and oxygen atoms in total. The maximum Gasteiger partial charge on any atom is 0.0755 e. The minimum absolute atomic E-state index is 0.446. The van der Waals surface area contributed by atoms with Gasteiger partial charge in [0.1, 0.15) is 0 Å². The van der Waals surface area contributed by atoms with Crippen molar-refractivity contribution in [1.82, 2.24) is 0 Å².